The monoisotopic (exact) mass is 282 g/mol. The fourth-order valence-corrected chi connectivity index (χ4v) is 3.22. The minimum atomic E-state index is 0.0291. The molecule has 0 aliphatic heterocycles. The van der Waals surface area contributed by atoms with Gasteiger partial charge in [0, 0.05) is 11.6 Å². The van der Waals surface area contributed by atoms with Crippen LogP contribution in [0.3, 0.4) is 0 Å². The van der Waals surface area contributed by atoms with Gasteiger partial charge >= 0.3 is 0 Å². The van der Waals surface area contributed by atoms with Crippen molar-refractivity contribution in [3.8, 4) is 11.5 Å². The van der Waals surface area contributed by atoms with Crippen LogP contribution in [0.25, 0.3) is 0 Å². The molecule has 0 bridgehead atoms. The van der Waals surface area contributed by atoms with Crippen LogP contribution in [0.5, 0.6) is 11.5 Å². The van der Waals surface area contributed by atoms with Crippen LogP contribution in [0.2, 0.25) is 0 Å². The topological polar surface area (TPSA) is 18.5 Å². The molecule has 106 valence electrons. The molecule has 1 saturated carbocycles. The molecule has 0 radical (unpaired) electrons. The van der Waals surface area contributed by atoms with Crippen molar-refractivity contribution in [2.24, 2.45) is 5.92 Å². The van der Waals surface area contributed by atoms with E-state index in [1.807, 2.05) is 18.2 Å². The zero-order valence-electron chi connectivity index (χ0n) is 11.8. The first-order valence-electron chi connectivity index (χ1n) is 7.10. The first-order valence-corrected chi connectivity index (χ1v) is 7.54. The fourth-order valence-electron chi connectivity index (χ4n) is 2.91. The molecule has 0 saturated heterocycles. The number of hydrogen-bond donors (Lipinski definition) is 0. The van der Waals surface area contributed by atoms with E-state index in [4.69, 9.17) is 21.1 Å². The van der Waals surface area contributed by atoms with Crippen LogP contribution >= 0.6 is 11.6 Å². The predicted octanol–water partition coefficient (Wildman–Crippen LogP) is 4.95. The molecule has 1 unspecified atom stereocenters. The molecule has 0 N–H and O–H groups in total. The van der Waals surface area contributed by atoms with Gasteiger partial charge < -0.3 is 9.47 Å². The third-order valence-electron chi connectivity index (χ3n) is 4.08. The third kappa shape index (κ3) is 3.79. The van der Waals surface area contributed by atoms with E-state index >= 15 is 0 Å². The van der Waals surface area contributed by atoms with E-state index < -0.39 is 0 Å². The second-order valence-corrected chi connectivity index (χ2v) is 5.83. The van der Waals surface area contributed by atoms with Crippen LogP contribution < -0.4 is 9.47 Å². The van der Waals surface area contributed by atoms with Gasteiger partial charge in [-0.1, -0.05) is 31.7 Å². The van der Waals surface area contributed by atoms with E-state index in [2.05, 4.69) is 0 Å². The molecule has 0 amide bonds. The summed E-state index contributed by atoms with van der Waals surface area (Å²) in [4.78, 5) is 0. The van der Waals surface area contributed by atoms with Crippen molar-refractivity contribution in [3.05, 3.63) is 23.8 Å². The maximum atomic E-state index is 6.54. The molecular formula is C16H23ClO2. The van der Waals surface area contributed by atoms with E-state index in [1.165, 1.54) is 32.1 Å². The van der Waals surface area contributed by atoms with Gasteiger partial charge in [0.15, 0.2) is 0 Å². The van der Waals surface area contributed by atoms with Gasteiger partial charge in [0.2, 0.25) is 0 Å². The maximum Gasteiger partial charge on any atom is 0.127 e. The van der Waals surface area contributed by atoms with E-state index in [1.54, 1.807) is 14.2 Å². The maximum absolute atomic E-state index is 6.54. The standard InChI is InChI=1S/C16H23ClO2/c1-18-13-8-9-14(16(11-13)19-2)15(17)10-7-12-5-3-4-6-12/h8-9,11-12,15H,3-7,10H2,1-2H3. The lowest BCUT2D eigenvalue weighted by Gasteiger charge is -2.16. The fraction of sp³-hybridized carbons (Fsp3) is 0.625. The summed E-state index contributed by atoms with van der Waals surface area (Å²) in [7, 11) is 3.34. The largest absolute Gasteiger partial charge is 0.497 e. The lowest BCUT2D eigenvalue weighted by Crippen LogP contribution is -2.00. The van der Waals surface area contributed by atoms with Crippen molar-refractivity contribution in [2.75, 3.05) is 14.2 Å². The molecule has 1 fully saturated rings. The van der Waals surface area contributed by atoms with Gasteiger partial charge in [0.25, 0.3) is 0 Å². The predicted molar refractivity (Wildman–Crippen MR) is 79.3 cm³/mol. The van der Waals surface area contributed by atoms with Gasteiger partial charge in [0.05, 0.1) is 19.6 Å². The molecule has 1 aromatic rings. The zero-order valence-corrected chi connectivity index (χ0v) is 12.6. The van der Waals surface area contributed by atoms with Crippen molar-refractivity contribution in [1.29, 1.82) is 0 Å². The van der Waals surface area contributed by atoms with Crippen molar-refractivity contribution >= 4 is 11.6 Å². The minimum absolute atomic E-state index is 0.0291. The first kappa shape index (κ1) is 14.5. The Labute approximate surface area is 121 Å². The molecule has 3 heteroatoms. The summed E-state index contributed by atoms with van der Waals surface area (Å²) >= 11 is 6.54. The quantitative estimate of drug-likeness (QED) is 0.687. The van der Waals surface area contributed by atoms with Crippen molar-refractivity contribution in [1.82, 2.24) is 0 Å². The lowest BCUT2D eigenvalue weighted by atomic mass is 9.97. The van der Waals surface area contributed by atoms with Crippen molar-refractivity contribution < 1.29 is 9.47 Å². The zero-order chi connectivity index (χ0) is 13.7. The highest BCUT2D eigenvalue weighted by Gasteiger charge is 2.19. The van der Waals surface area contributed by atoms with Crippen LogP contribution in [0, 0.1) is 5.92 Å². The number of ether oxygens (including phenoxy) is 2. The number of hydrogen-bond acceptors (Lipinski definition) is 2. The van der Waals surface area contributed by atoms with E-state index in [-0.39, 0.29) is 5.38 Å². The van der Waals surface area contributed by atoms with Crippen LogP contribution in [0.15, 0.2) is 18.2 Å². The Morgan fingerprint density at radius 3 is 2.58 bits per heavy atom. The Hall–Kier alpha value is -0.890. The molecule has 0 heterocycles. The number of rotatable bonds is 6. The first-order chi connectivity index (χ1) is 9.24. The van der Waals surface area contributed by atoms with Crippen LogP contribution in [-0.4, -0.2) is 14.2 Å². The molecule has 2 nitrogen and oxygen atoms in total. The average Bonchev–Trinajstić information content (AvgIpc) is 2.97. The molecule has 1 aliphatic rings. The Kier molecular flexibility index (Phi) is 5.38. The van der Waals surface area contributed by atoms with Crippen LogP contribution in [-0.2, 0) is 0 Å². The average molecular weight is 283 g/mol. The second-order valence-electron chi connectivity index (χ2n) is 5.30. The van der Waals surface area contributed by atoms with Gasteiger partial charge in [-0.05, 0) is 24.8 Å². The summed E-state index contributed by atoms with van der Waals surface area (Å²) in [6.45, 7) is 0. The molecule has 1 atom stereocenters. The molecule has 19 heavy (non-hydrogen) atoms. The smallest absolute Gasteiger partial charge is 0.127 e. The number of methoxy groups -OCH3 is 2. The van der Waals surface area contributed by atoms with E-state index in [0.717, 1.165) is 29.4 Å². The highest BCUT2D eigenvalue weighted by Crippen LogP contribution is 2.38. The van der Waals surface area contributed by atoms with Gasteiger partial charge in [-0.25, -0.2) is 0 Å². The Bertz CT molecular complexity index is 400. The lowest BCUT2D eigenvalue weighted by molar-refractivity contribution is 0.389. The highest BCUT2D eigenvalue weighted by molar-refractivity contribution is 6.21. The Morgan fingerprint density at radius 2 is 1.95 bits per heavy atom. The van der Waals surface area contributed by atoms with E-state index in [9.17, 15) is 0 Å². The summed E-state index contributed by atoms with van der Waals surface area (Å²) in [5.74, 6) is 2.51. The highest BCUT2D eigenvalue weighted by atomic mass is 35.5. The van der Waals surface area contributed by atoms with Gasteiger partial charge in [0.1, 0.15) is 11.5 Å². The van der Waals surface area contributed by atoms with Crippen molar-refractivity contribution in [3.63, 3.8) is 0 Å². The molecule has 2 rings (SSSR count). The van der Waals surface area contributed by atoms with Gasteiger partial charge in [-0.15, -0.1) is 11.6 Å². The number of benzene rings is 1. The second kappa shape index (κ2) is 7.04. The molecule has 1 aromatic carbocycles. The van der Waals surface area contributed by atoms with Crippen LogP contribution in [0.4, 0.5) is 0 Å². The summed E-state index contributed by atoms with van der Waals surface area (Å²) in [5, 5.41) is 0.0291. The summed E-state index contributed by atoms with van der Waals surface area (Å²) in [5.41, 5.74) is 1.07. The minimum Gasteiger partial charge on any atom is -0.497 e. The molecule has 1 aliphatic carbocycles. The van der Waals surface area contributed by atoms with Gasteiger partial charge in [-0.2, -0.15) is 0 Å². The Balaban J connectivity index is 1.98. The number of alkyl halides is 1. The van der Waals surface area contributed by atoms with Crippen molar-refractivity contribution in [2.45, 2.75) is 43.9 Å². The summed E-state index contributed by atoms with van der Waals surface area (Å²) in [6.07, 6.45) is 7.79. The molecule has 0 aromatic heterocycles. The molecule has 0 spiro atoms. The SMILES string of the molecule is COc1ccc(C(Cl)CCC2CCCC2)c(OC)c1. The summed E-state index contributed by atoms with van der Waals surface area (Å²) < 4.78 is 10.6. The van der Waals surface area contributed by atoms with Crippen LogP contribution in [0.1, 0.15) is 49.5 Å². The molecular weight excluding hydrogens is 260 g/mol. The van der Waals surface area contributed by atoms with E-state index in [0.29, 0.717) is 0 Å². The number of halogens is 1. The van der Waals surface area contributed by atoms with Gasteiger partial charge in [-0.3, -0.25) is 0 Å². The Morgan fingerprint density at radius 1 is 1.21 bits per heavy atom. The summed E-state index contributed by atoms with van der Waals surface area (Å²) in [6, 6.07) is 5.87. The third-order valence-corrected chi connectivity index (χ3v) is 4.53. The normalized spacial score (nSPS) is 17.4.